The minimum absolute atomic E-state index is 0.228. The lowest BCUT2D eigenvalue weighted by atomic mass is 9.80. The van der Waals surface area contributed by atoms with Crippen LogP contribution >= 0.6 is 0 Å². The van der Waals surface area contributed by atoms with Crippen LogP contribution in [0.3, 0.4) is 0 Å². The number of carbonyl (C=O) groups excluding carboxylic acids is 1. The SMILES string of the molecule is O=C(CC(F)(F)S(=O)(=O)O)OC1CC2CC1C1CCCC21. The Labute approximate surface area is 121 Å². The predicted octanol–water partition coefficient (Wildman–Crippen LogP) is 2.22. The third kappa shape index (κ3) is 2.56. The van der Waals surface area contributed by atoms with Crippen LogP contribution < -0.4 is 0 Å². The van der Waals surface area contributed by atoms with E-state index in [9.17, 15) is 22.0 Å². The summed E-state index contributed by atoms with van der Waals surface area (Å²) in [6.45, 7) is 0. The van der Waals surface area contributed by atoms with Gasteiger partial charge in [-0.3, -0.25) is 9.35 Å². The van der Waals surface area contributed by atoms with Crippen molar-refractivity contribution >= 4 is 16.1 Å². The predicted molar refractivity (Wildman–Crippen MR) is 68.0 cm³/mol. The summed E-state index contributed by atoms with van der Waals surface area (Å²) >= 11 is 0. The molecule has 0 spiro atoms. The summed E-state index contributed by atoms with van der Waals surface area (Å²) in [6, 6.07) is 0. The average Bonchev–Trinajstić information content (AvgIpc) is 2.95. The van der Waals surface area contributed by atoms with Gasteiger partial charge in [0.2, 0.25) is 0 Å². The Morgan fingerprint density at radius 3 is 2.52 bits per heavy atom. The van der Waals surface area contributed by atoms with Crippen molar-refractivity contribution in [3.63, 3.8) is 0 Å². The molecule has 5 atom stereocenters. The second-order valence-corrected chi connectivity index (χ2v) is 8.02. The molecule has 0 aliphatic heterocycles. The van der Waals surface area contributed by atoms with Gasteiger partial charge in [0.1, 0.15) is 12.5 Å². The first kappa shape index (κ1) is 15.1. The molecule has 3 fully saturated rings. The molecule has 120 valence electrons. The fraction of sp³-hybridized carbons (Fsp3) is 0.923. The zero-order valence-electron chi connectivity index (χ0n) is 11.4. The Morgan fingerprint density at radius 1 is 1.19 bits per heavy atom. The highest BCUT2D eigenvalue weighted by Crippen LogP contribution is 2.59. The number of hydrogen-bond donors (Lipinski definition) is 1. The van der Waals surface area contributed by atoms with E-state index in [1.54, 1.807) is 0 Å². The van der Waals surface area contributed by atoms with E-state index in [0.29, 0.717) is 24.2 Å². The fourth-order valence-electron chi connectivity index (χ4n) is 4.61. The number of hydrogen-bond acceptors (Lipinski definition) is 4. The summed E-state index contributed by atoms with van der Waals surface area (Å²) in [5.74, 6) is 0.672. The Balaban J connectivity index is 1.60. The summed E-state index contributed by atoms with van der Waals surface area (Å²) in [5.41, 5.74) is 0. The van der Waals surface area contributed by atoms with Crippen LogP contribution in [0.1, 0.15) is 38.5 Å². The molecular weight excluding hydrogens is 306 g/mol. The van der Waals surface area contributed by atoms with Crippen LogP contribution in [-0.2, 0) is 19.6 Å². The highest BCUT2D eigenvalue weighted by atomic mass is 32.2. The first-order valence-corrected chi connectivity index (χ1v) is 8.67. The number of carbonyl (C=O) groups is 1. The molecule has 3 aliphatic carbocycles. The average molecular weight is 324 g/mol. The molecule has 3 aliphatic rings. The van der Waals surface area contributed by atoms with Gasteiger partial charge in [0.25, 0.3) is 0 Å². The van der Waals surface area contributed by atoms with Crippen LogP contribution in [0.15, 0.2) is 0 Å². The maximum atomic E-state index is 13.1. The van der Waals surface area contributed by atoms with Gasteiger partial charge in [-0.25, -0.2) is 0 Å². The van der Waals surface area contributed by atoms with Crippen molar-refractivity contribution < 1.29 is 31.3 Å². The number of esters is 1. The number of alkyl halides is 2. The van der Waals surface area contributed by atoms with Crippen molar-refractivity contribution in [2.24, 2.45) is 23.7 Å². The van der Waals surface area contributed by atoms with Crippen LogP contribution in [0, 0.1) is 23.7 Å². The van der Waals surface area contributed by atoms with Crippen LogP contribution in [0.2, 0.25) is 0 Å². The van der Waals surface area contributed by atoms with E-state index in [0.717, 1.165) is 12.8 Å². The fourth-order valence-corrected chi connectivity index (χ4v) is 4.91. The quantitative estimate of drug-likeness (QED) is 0.633. The zero-order chi connectivity index (χ0) is 15.4. The molecule has 5 nitrogen and oxygen atoms in total. The lowest BCUT2D eigenvalue weighted by molar-refractivity contribution is -0.157. The van der Waals surface area contributed by atoms with E-state index in [1.165, 1.54) is 12.8 Å². The Bertz CT molecular complexity index is 547. The van der Waals surface area contributed by atoms with Gasteiger partial charge >= 0.3 is 21.3 Å². The van der Waals surface area contributed by atoms with E-state index in [4.69, 9.17) is 9.29 Å². The number of rotatable bonds is 4. The topological polar surface area (TPSA) is 80.7 Å². The number of halogens is 2. The van der Waals surface area contributed by atoms with Gasteiger partial charge in [-0.15, -0.1) is 0 Å². The first-order valence-electron chi connectivity index (χ1n) is 7.23. The molecule has 0 aromatic heterocycles. The largest absolute Gasteiger partial charge is 0.462 e. The lowest BCUT2D eigenvalue weighted by Crippen LogP contribution is -2.36. The number of fused-ring (bicyclic) bond motifs is 5. The molecule has 0 amide bonds. The van der Waals surface area contributed by atoms with Crippen molar-refractivity contribution in [3.05, 3.63) is 0 Å². The highest BCUT2D eigenvalue weighted by Gasteiger charge is 2.55. The van der Waals surface area contributed by atoms with Crippen LogP contribution in [-0.4, -0.2) is 30.3 Å². The Morgan fingerprint density at radius 2 is 1.86 bits per heavy atom. The smallest absolute Gasteiger partial charge is 0.380 e. The van der Waals surface area contributed by atoms with Crippen molar-refractivity contribution in [1.82, 2.24) is 0 Å². The molecule has 0 aromatic carbocycles. The minimum Gasteiger partial charge on any atom is -0.462 e. The maximum absolute atomic E-state index is 13.1. The molecule has 8 heteroatoms. The summed E-state index contributed by atoms with van der Waals surface area (Å²) < 4.78 is 60.7. The van der Waals surface area contributed by atoms with Crippen LogP contribution in [0.25, 0.3) is 0 Å². The molecule has 0 heterocycles. The van der Waals surface area contributed by atoms with Gasteiger partial charge in [0.05, 0.1) is 0 Å². The Kier molecular flexibility index (Phi) is 3.52. The highest BCUT2D eigenvalue weighted by molar-refractivity contribution is 7.86. The third-order valence-electron chi connectivity index (χ3n) is 5.38. The summed E-state index contributed by atoms with van der Waals surface area (Å²) in [7, 11) is -5.59. The van der Waals surface area contributed by atoms with Gasteiger partial charge in [-0.1, -0.05) is 6.42 Å². The summed E-state index contributed by atoms with van der Waals surface area (Å²) in [5, 5.41) is -4.49. The normalized spacial score (nSPS) is 38.5. The first-order chi connectivity index (χ1) is 9.69. The monoisotopic (exact) mass is 324 g/mol. The minimum atomic E-state index is -5.59. The molecule has 3 saturated carbocycles. The molecule has 21 heavy (non-hydrogen) atoms. The second-order valence-electron chi connectivity index (χ2n) is 6.47. The van der Waals surface area contributed by atoms with E-state index < -0.39 is 27.8 Å². The molecule has 0 radical (unpaired) electrons. The van der Waals surface area contributed by atoms with Crippen LogP contribution in [0.4, 0.5) is 8.78 Å². The van der Waals surface area contributed by atoms with Crippen molar-refractivity contribution in [3.8, 4) is 0 Å². The maximum Gasteiger partial charge on any atom is 0.380 e. The lowest BCUT2D eigenvalue weighted by Gasteiger charge is -2.31. The third-order valence-corrected chi connectivity index (χ3v) is 6.28. The Hall–Kier alpha value is -0.760. The molecule has 2 bridgehead atoms. The van der Waals surface area contributed by atoms with Gasteiger partial charge < -0.3 is 4.74 Å². The van der Waals surface area contributed by atoms with E-state index in [2.05, 4.69) is 0 Å². The van der Waals surface area contributed by atoms with Gasteiger partial charge in [0, 0.05) is 0 Å². The van der Waals surface area contributed by atoms with Crippen molar-refractivity contribution in [2.75, 3.05) is 0 Å². The van der Waals surface area contributed by atoms with Gasteiger partial charge in [0.15, 0.2) is 0 Å². The van der Waals surface area contributed by atoms with E-state index in [-0.39, 0.29) is 12.0 Å². The molecule has 5 unspecified atom stereocenters. The van der Waals surface area contributed by atoms with Gasteiger partial charge in [-0.05, 0) is 49.4 Å². The van der Waals surface area contributed by atoms with Crippen molar-refractivity contribution in [2.45, 2.75) is 49.9 Å². The van der Waals surface area contributed by atoms with Crippen molar-refractivity contribution in [1.29, 1.82) is 0 Å². The van der Waals surface area contributed by atoms with E-state index in [1.807, 2.05) is 0 Å². The molecule has 1 N–H and O–H groups in total. The molecular formula is C13H18F2O5S. The molecule has 3 rings (SSSR count). The van der Waals surface area contributed by atoms with E-state index >= 15 is 0 Å². The molecule has 0 saturated heterocycles. The number of ether oxygens (including phenoxy) is 1. The standard InChI is InChI=1S/C13H18F2O5S/c14-13(15,21(17,18)19)6-12(16)20-11-5-7-4-10(11)9-3-1-2-8(7)9/h7-11H,1-6H2,(H,17,18,19). The second kappa shape index (κ2) is 4.87. The zero-order valence-corrected chi connectivity index (χ0v) is 12.2. The summed E-state index contributed by atoms with van der Waals surface area (Å²) in [4.78, 5) is 11.6. The van der Waals surface area contributed by atoms with Gasteiger partial charge in [-0.2, -0.15) is 17.2 Å². The summed E-state index contributed by atoms with van der Waals surface area (Å²) in [6.07, 6.45) is 3.13. The molecule has 0 aromatic rings. The van der Waals surface area contributed by atoms with Crippen LogP contribution in [0.5, 0.6) is 0 Å².